The van der Waals surface area contributed by atoms with Crippen molar-refractivity contribution in [2.24, 2.45) is 0 Å². The van der Waals surface area contributed by atoms with E-state index in [1.165, 1.54) is 11.1 Å². The van der Waals surface area contributed by atoms with Gasteiger partial charge in [0.1, 0.15) is 5.69 Å². The highest BCUT2D eigenvalue weighted by atomic mass is 16.5. The van der Waals surface area contributed by atoms with Crippen LogP contribution in [0.4, 0.5) is 0 Å². The van der Waals surface area contributed by atoms with E-state index in [0.717, 1.165) is 11.4 Å². The van der Waals surface area contributed by atoms with Gasteiger partial charge in [0.2, 0.25) is 5.43 Å². The van der Waals surface area contributed by atoms with Crippen LogP contribution in [-0.2, 0) is 11.3 Å². The van der Waals surface area contributed by atoms with Gasteiger partial charge in [-0.05, 0) is 38.0 Å². The molecule has 0 radical (unpaired) electrons. The molecule has 0 unspecified atom stereocenters. The first kappa shape index (κ1) is 16.4. The number of hydrogen-bond donors (Lipinski definition) is 1. The molecule has 0 aliphatic rings. The van der Waals surface area contributed by atoms with Gasteiger partial charge in [-0.15, -0.1) is 0 Å². The summed E-state index contributed by atoms with van der Waals surface area (Å²) in [5.74, 6) is 0. The van der Waals surface area contributed by atoms with Crippen molar-refractivity contribution in [1.29, 1.82) is 0 Å². The number of nitrogens with one attached hydrogen (secondary N) is 1. The average molecular weight is 301 g/mol. The van der Waals surface area contributed by atoms with E-state index in [1.54, 1.807) is 13.2 Å². The van der Waals surface area contributed by atoms with Gasteiger partial charge in [0.15, 0.2) is 0 Å². The number of rotatable bonds is 6. The second-order valence-corrected chi connectivity index (χ2v) is 5.40. The quantitative estimate of drug-likeness (QED) is 0.828. The molecule has 0 amide bonds. The Morgan fingerprint density at radius 1 is 1.27 bits per heavy atom. The summed E-state index contributed by atoms with van der Waals surface area (Å²) in [7, 11) is 1.65. The third kappa shape index (κ3) is 3.61. The fourth-order valence-electron chi connectivity index (χ4n) is 2.30. The molecule has 22 heavy (non-hydrogen) atoms. The lowest BCUT2D eigenvalue weighted by Crippen LogP contribution is -2.26. The van der Waals surface area contributed by atoms with Crippen molar-refractivity contribution in [1.82, 2.24) is 15.1 Å². The number of methoxy groups -OCH3 is 1. The summed E-state index contributed by atoms with van der Waals surface area (Å²) >= 11 is 0. The molecule has 2 aromatic rings. The maximum absolute atomic E-state index is 12.1. The predicted octanol–water partition coefficient (Wildman–Crippen LogP) is 1.89. The summed E-state index contributed by atoms with van der Waals surface area (Å²) in [6, 6.07) is 7.74. The molecule has 1 N–H and O–H groups in total. The van der Waals surface area contributed by atoms with Crippen LogP contribution in [0, 0.1) is 20.8 Å². The molecule has 0 aliphatic carbocycles. The molecular formula is C17H23N3O2. The molecule has 0 saturated heterocycles. The monoisotopic (exact) mass is 301 g/mol. The van der Waals surface area contributed by atoms with Gasteiger partial charge in [-0.2, -0.15) is 5.10 Å². The molecule has 5 heteroatoms. The lowest BCUT2D eigenvalue weighted by molar-refractivity contribution is 0.199. The van der Waals surface area contributed by atoms with Crippen molar-refractivity contribution in [2.45, 2.75) is 27.3 Å². The summed E-state index contributed by atoms with van der Waals surface area (Å²) in [4.78, 5) is 12.1. The van der Waals surface area contributed by atoms with Crippen molar-refractivity contribution in [2.75, 3.05) is 20.3 Å². The minimum Gasteiger partial charge on any atom is -0.383 e. The van der Waals surface area contributed by atoms with E-state index in [2.05, 4.69) is 30.3 Å². The number of benzene rings is 1. The summed E-state index contributed by atoms with van der Waals surface area (Å²) < 4.78 is 6.83. The highest BCUT2D eigenvalue weighted by Gasteiger charge is 2.10. The average Bonchev–Trinajstić information content (AvgIpc) is 2.49. The Kier molecular flexibility index (Phi) is 5.46. The van der Waals surface area contributed by atoms with Gasteiger partial charge in [-0.3, -0.25) is 4.79 Å². The van der Waals surface area contributed by atoms with Gasteiger partial charge >= 0.3 is 0 Å². The minimum absolute atomic E-state index is 0.0380. The molecule has 1 heterocycles. The van der Waals surface area contributed by atoms with Crippen LogP contribution in [-0.4, -0.2) is 30.0 Å². The van der Waals surface area contributed by atoms with Crippen LogP contribution in [0.5, 0.6) is 0 Å². The van der Waals surface area contributed by atoms with E-state index >= 15 is 0 Å². The molecular weight excluding hydrogens is 278 g/mol. The standard InChI is InChI=1S/C17H23N3O2/c1-12-6-5-7-16(14(12)3)20-13(2)10-17(21)15(19-20)11-18-8-9-22-4/h5-7,10,18H,8-9,11H2,1-4H3. The molecule has 0 fully saturated rings. The zero-order valence-corrected chi connectivity index (χ0v) is 13.6. The Bertz CT molecular complexity index is 708. The molecule has 5 nitrogen and oxygen atoms in total. The summed E-state index contributed by atoms with van der Waals surface area (Å²) in [5, 5.41) is 7.71. The van der Waals surface area contributed by atoms with E-state index in [4.69, 9.17) is 4.74 Å². The number of hydrogen-bond acceptors (Lipinski definition) is 4. The number of aromatic nitrogens is 2. The Labute approximate surface area is 130 Å². The van der Waals surface area contributed by atoms with Gasteiger partial charge in [0, 0.05) is 32.0 Å². The topological polar surface area (TPSA) is 56.1 Å². The first-order valence-electron chi connectivity index (χ1n) is 7.40. The van der Waals surface area contributed by atoms with Crippen LogP contribution in [0.25, 0.3) is 5.69 Å². The Balaban J connectivity index is 2.36. The van der Waals surface area contributed by atoms with E-state index in [0.29, 0.717) is 25.4 Å². The Morgan fingerprint density at radius 3 is 2.77 bits per heavy atom. The summed E-state index contributed by atoms with van der Waals surface area (Å²) in [5.41, 5.74) is 4.69. The van der Waals surface area contributed by atoms with Crippen molar-refractivity contribution in [3.63, 3.8) is 0 Å². The van der Waals surface area contributed by atoms with Crippen molar-refractivity contribution in [3.05, 3.63) is 57.0 Å². The molecule has 0 saturated carbocycles. The van der Waals surface area contributed by atoms with Gasteiger partial charge in [0.05, 0.1) is 12.3 Å². The highest BCUT2D eigenvalue weighted by Crippen LogP contribution is 2.17. The number of aryl methyl sites for hydroxylation is 2. The van der Waals surface area contributed by atoms with Gasteiger partial charge in [-0.1, -0.05) is 12.1 Å². The third-order valence-corrected chi connectivity index (χ3v) is 3.76. The third-order valence-electron chi connectivity index (χ3n) is 3.76. The SMILES string of the molecule is COCCNCc1nn(-c2cccc(C)c2C)c(C)cc1=O. The zero-order valence-electron chi connectivity index (χ0n) is 13.6. The molecule has 2 rings (SSSR count). The maximum Gasteiger partial charge on any atom is 0.204 e. The predicted molar refractivity (Wildman–Crippen MR) is 87.6 cm³/mol. The van der Waals surface area contributed by atoms with Crippen LogP contribution in [0.15, 0.2) is 29.1 Å². The van der Waals surface area contributed by atoms with E-state index in [9.17, 15) is 4.79 Å². The van der Waals surface area contributed by atoms with Crippen molar-refractivity contribution >= 4 is 0 Å². The lowest BCUT2D eigenvalue weighted by Gasteiger charge is -2.15. The van der Waals surface area contributed by atoms with Crippen LogP contribution in [0.1, 0.15) is 22.5 Å². The van der Waals surface area contributed by atoms with Gasteiger partial charge < -0.3 is 10.1 Å². The van der Waals surface area contributed by atoms with Crippen LogP contribution in [0.3, 0.4) is 0 Å². The highest BCUT2D eigenvalue weighted by molar-refractivity contribution is 5.44. The Hall–Kier alpha value is -1.98. The summed E-state index contributed by atoms with van der Waals surface area (Å²) in [6.07, 6.45) is 0. The molecule has 0 bridgehead atoms. The van der Waals surface area contributed by atoms with Crippen LogP contribution >= 0.6 is 0 Å². The van der Waals surface area contributed by atoms with Gasteiger partial charge in [0.25, 0.3) is 0 Å². The fourth-order valence-corrected chi connectivity index (χ4v) is 2.30. The molecule has 1 aromatic heterocycles. The smallest absolute Gasteiger partial charge is 0.204 e. The zero-order chi connectivity index (χ0) is 16.1. The lowest BCUT2D eigenvalue weighted by atomic mass is 10.1. The fraction of sp³-hybridized carbons (Fsp3) is 0.412. The maximum atomic E-state index is 12.1. The minimum atomic E-state index is -0.0380. The van der Waals surface area contributed by atoms with E-state index < -0.39 is 0 Å². The van der Waals surface area contributed by atoms with Crippen LogP contribution < -0.4 is 10.7 Å². The normalized spacial score (nSPS) is 10.9. The second kappa shape index (κ2) is 7.33. The Morgan fingerprint density at radius 2 is 2.05 bits per heavy atom. The van der Waals surface area contributed by atoms with E-state index in [1.807, 2.05) is 23.7 Å². The van der Waals surface area contributed by atoms with E-state index in [-0.39, 0.29) is 5.43 Å². The van der Waals surface area contributed by atoms with Crippen molar-refractivity contribution in [3.8, 4) is 5.69 Å². The number of ether oxygens (including phenoxy) is 1. The second-order valence-electron chi connectivity index (χ2n) is 5.40. The number of nitrogens with zero attached hydrogens (tertiary/aromatic N) is 2. The molecule has 1 aromatic carbocycles. The largest absolute Gasteiger partial charge is 0.383 e. The molecule has 0 spiro atoms. The first-order chi connectivity index (χ1) is 10.5. The van der Waals surface area contributed by atoms with Crippen molar-refractivity contribution < 1.29 is 4.74 Å². The first-order valence-corrected chi connectivity index (χ1v) is 7.40. The molecule has 0 atom stereocenters. The molecule has 0 aliphatic heterocycles. The molecule has 118 valence electrons. The van der Waals surface area contributed by atoms with Crippen LogP contribution in [0.2, 0.25) is 0 Å². The summed E-state index contributed by atoms with van der Waals surface area (Å²) in [6.45, 7) is 7.78. The van der Waals surface area contributed by atoms with Gasteiger partial charge in [-0.25, -0.2) is 4.68 Å².